The van der Waals surface area contributed by atoms with Crippen LogP contribution < -0.4 is 18.9 Å². The summed E-state index contributed by atoms with van der Waals surface area (Å²) in [5, 5.41) is -0.643. The number of carbonyl (C=O) groups excluding carboxylic acids is 5. The minimum absolute atomic E-state index is 0.0214. The number of hydrogen-bond donors (Lipinski definition) is 2. The van der Waals surface area contributed by atoms with Crippen LogP contribution in [-0.2, 0) is 57.1 Å². The molecule has 3 amide bonds. The molecule has 0 spiro atoms. The average molecular weight is 925 g/mol. The van der Waals surface area contributed by atoms with Crippen LogP contribution in [0.15, 0.2) is 47.4 Å². The molecule has 4 fully saturated rings. The summed E-state index contributed by atoms with van der Waals surface area (Å²) in [6.45, 7) is 7.73. The van der Waals surface area contributed by atoms with Gasteiger partial charge in [-0.1, -0.05) is 71.6 Å². The topological polar surface area (TPSA) is 212 Å². The number of fused-ring (bicyclic) bond motifs is 2. The number of amides is 3. The van der Waals surface area contributed by atoms with Crippen molar-refractivity contribution in [1.29, 1.82) is 0 Å². The molecule has 3 aliphatic heterocycles. The number of ether oxygens (including phenoxy) is 3. The van der Waals surface area contributed by atoms with Crippen molar-refractivity contribution in [2.45, 2.75) is 146 Å². The largest absolute Gasteiger partial charge is 0.454 e. The molecule has 6 atom stereocenters. The summed E-state index contributed by atoms with van der Waals surface area (Å²) in [5.41, 5.74) is -0.402. The van der Waals surface area contributed by atoms with Crippen LogP contribution in [-0.4, -0.2) is 92.9 Å². The van der Waals surface area contributed by atoms with Crippen molar-refractivity contribution in [3.8, 4) is 11.5 Å². The van der Waals surface area contributed by atoms with E-state index in [1.54, 1.807) is 18.2 Å². The van der Waals surface area contributed by atoms with E-state index in [-0.39, 0.29) is 62.4 Å². The van der Waals surface area contributed by atoms with Gasteiger partial charge >= 0.3 is 6.09 Å². The van der Waals surface area contributed by atoms with Gasteiger partial charge in [0.1, 0.15) is 6.10 Å². The Balaban J connectivity index is 1.05. The number of nitrogens with one attached hydrogen (secondary N) is 2. The molecule has 2 aromatic carbocycles. The maximum atomic E-state index is 15.1. The standard InChI is InChI=1S/C46H60N4O12S2/c1-5-31-22-46(31,43(54)48-64(58,59)34-16-17-34)23-38(52)36-20-32(62-44(55)49-24-29-18-39-40(61-27-60-39)19-30(29)25-49)26-50(36)42(53)35(45(2,3)4)21-37(51)41(28-12-8-6-9-13-28)47-63(56,57)33-14-10-7-11-15-33/h7,10-11,14-15,18-19,28,31-32,34-36,41,47H,5-6,8-9,12-13,16-17,20-27H2,1-4H3,(H,48,54)/t31-,32+,35+,36?,41-,46-/m0/s1. The zero-order valence-electron chi connectivity index (χ0n) is 37.0. The molecule has 0 bridgehead atoms. The normalized spacial score (nSPS) is 25.3. The number of ketones is 2. The Morgan fingerprint density at radius 1 is 0.906 bits per heavy atom. The van der Waals surface area contributed by atoms with Crippen LogP contribution >= 0.6 is 0 Å². The molecular weight excluding hydrogens is 865 g/mol. The van der Waals surface area contributed by atoms with Gasteiger partial charge in [0.15, 0.2) is 23.1 Å². The van der Waals surface area contributed by atoms with Crippen molar-refractivity contribution in [2.24, 2.45) is 28.6 Å². The fraction of sp³-hybridized carbons (Fsp3) is 0.630. The number of likely N-dealkylation sites (tertiary alicyclic amines) is 1. The molecule has 0 radical (unpaired) electrons. The Labute approximate surface area is 375 Å². The molecular formula is C46H60N4O12S2. The molecule has 3 aliphatic carbocycles. The number of benzene rings is 2. The Bertz CT molecular complexity index is 2360. The third-order valence-corrected chi connectivity index (χ3v) is 17.6. The van der Waals surface area contributed by atoms with E-state index < -0.39 is 89.7 Å². The van der Waals surface area contributed by atoms with Gasteiger partial charge in [-0.3, -0.25) is 28.8 Å². The van der Waals surface area contributed by atoms with Crippen LogP contribution in [0.2, 0.25) is 0 Å². The summed E-state index contributed by atoms with van der Waals surface area (Å²) < 4.78 is 75.2. The highest BCUT2D eigenvalue weighted by Crippen LogP contribution is 2.58. The number of carbonyl (C=O) groups is 5. The first kappa shape index (κ1) is 46.0. The highest BCUT2D eigenvalue weighted by Gasteiger charge is 2.62. The lowest BCUT2D eigenvalue weighted by atomic mass is 9.74. The highest BCUT2D eigenvalue weighted by atomic mass is 32.2. The van der Waals surface area contributed by atoms with Crippen molar-refractivity contribution in [1.82, 2.24) is 19.2 Å². The number of rotatable bonds is 16. The van der Waals surface area contributed by atoms with Gasteiger partial charge in [0, 0.05) is 38.3 Å². The predicted octanol–water partition coefficient (Wildman–Crippen LogP) is 5.37. The Morgan fingerprint density at radius 2 is 1.55 bits per heavy atom. The quantitative estimate of drug-likeness (QED) is 0.218. The van der Waals surface area contributed by atoms with Crippen molar-refractivity contribution in [3.05, 3.63) is 53.6 Å². The number of Topliss-reactive ketones (excluding diaryl/α,β-unsaturated/α-hetero) is 2. The lowest BCUT2D eigenvalue weighted by Gasteiger charge is -2.36. The number of sulfonamides is 2. The van der Waals surface area contributed by atoms with Crippen molar-refractivity contribution < 1.29 is 55.0 Å². The van der Waals surface area contributed by atoms with E-state index in [9.17, 15) is 36.0 Å². The predicted molar refractivity (Wildman–Crippen MR) is 232 cm³/mol. The fourth-order valence-electron chi connectivity index (χ4n) is 10.2. The SMILES string of the molecule is CC[C@H]1C[C@@]1(CC(=O)C1C[C@@H](OC(=O)N2Cc3cc4c(cc3C2)OCO4)CN1C(=O)[C@@H](CC(=O)[C@@H](NS(=O)(=O)c1ccccc1)C1CCCCC1)C(C)(C)C)C(=O)NS(=O)(=O)C1CC1. The van der Waals surface area contributed by atoms with Gasteiger partial charge in [0.05, 0.1) is 34.2 Å². The lowest BCUT2D eigenvalue weighted by molar-refractivity contribution is -0.146. The zero-order chi connectivity index (χ0) is 45.8. The van der Waals surface area contributed by atoms with Crippen molar-refractivity contribution >= 4 is 49.5 Å². The molecule has 16 nitrogen and oxygen atoms in total. The van der Waals surface area contributed by atoms with Gasteiger partial charge in [-0.15, -0.1) is 0 Å². The second-order valence-corrected chi connectivity index (χ2v) is 23.4. The second-order valence-electron chi connectivity index (χ2n) is 19.8. The molecule has 6 aliphatic rings. The first-order chi connectivity index (χ1) is 30.3. The van der Waals surface area contributed by atoms with Crippen LogP contribution in [0.3, 0.4) is 0 Å². The molecule has 64 heavy (non-hydrogen) atoms. The molecule has 3 saturated carbocycles. The third kappa shape index (κ3) is 9.55. The Hall–Kier alpha value is -4.55. The van der Waals surface area contributed by atoms with Crippen LogP contribution in [0.1, 0.15) is 116 Å². The van der Waals surface area contributed by atoms with Crippen LogP contribution in [0.5, 0.6) is 11.5 Å². The number of hydrogen-bond acceptors (Lipinski definition) is 12. The van der Waals surface area contributed by atoms with E-state index in [0.29, 0.717) is 50.0 Å². The van der Waals surface area contributed by atoms with E-state index in [1.165, 1.54) is 21.9 Å². The summed E-state index contributed by atoms with van der Waals surface area (Å²) in [6, 6.07) is 9.24. The van der Waals surface area contributed by atoms with E-state index >= 15 is 4.79 Å². The van der Waals surface area contributed by atoms with E-state index in [2.05, 4.69) is 9.44 Å². The average Bonchev–Trinajstić information content (AvgIpc) is 4.09. The van der Waals surface area contributed by atoms with Gasteiger partial charge in [-0.05, 0) is 84.7 Å². The maximum absolute atomic E-state index is 15.1. The van der Waals surface area contributed by atoms with E-state index in [4.69, 9.17) is 14.2 Å². The second kappa shape index (κ2) is 17.7. The molecule has 1 unspecified atom stereocenters. The minimum atomic E-state index is -4.11. The molecule has 2 aromatic rings. The van der Waals surface area contributed by atoms with Gasteiger partial charge < -0.3 is 19.1 Å². The van der Waals surface area contributed by atoms with Crippen LogP contribution in [0, 0.1) is 28.6 Å². The first-order valence-electron chi connectivity index (χ1n) is 22.7. The minimum Gasteiger partial charge on any atom is -0.454 e. The Morgan fingerprint density at radius 3 is 2.12 bits per heavy atom. The molecule has 8 rings (SSSR count). The third-order valence-electron chi connectivity index (χ3n) is 14.3. The maximum Gasteiger partial charge on any atom is 0.410 e. The smallest absolute Gasteiger partial charge is 0.410 e. The lowest BCUT2D eigenvalue weighted by Crippen LogP contribution is -2.51. The molecule has 18 heteroatoms. The highest BCUT2D eigenvalue weighted by molar-refractivity contribution is 7.91. The first-order valence-corrected chi connectivity index (χ1v) is 25.7. The van der Waals surface area contributed by atoms with Crippen molar-refractivity contribution in [2.75, 3.05) is 13.3 Å². The molecule has 0 aromatic heterocycles. The summed E-state index contributed by atoms with van der Waals surface area (Å²) in [4.78, 5) is 74.9. The Kier molecular flexibility index (Phi) is 12.7. The van der Waals surface area contributed by atoms with Crippen molar-refractivity contribution in [3.63, 3.8) is 0 Å². The van der Waals surface area contributed by atoms with Gasteiger partial charge in [-0.25, -0.2) is 26.4 Å². The molecule has 2 N–H and O–H groups in total. The van der Waals surface area contributed by atoms with Gasteiger partial charge in [0.25, 0.3) is 0 Å². The number of nitrogens with zero attached hydrogens (tertiary/aromatic N) is 2. The summed E-state index contributed by atoms with van der Waals surface area (Å²) in [5.74, 6) is -2.56. The van der Waals surface area contributed by atoms with E-state index in [0.717, 1.165) is 30.4 Å². The summed E-state index contributed by atoms with van der Waals surface area (Å²) in [7, 11) is -8.01. The summed E-state index contributed by atoms with van der Waals surface area (Å²) in [6.07, 6.45) is 3.34. The molecule has 1 saturated heterocycles. The summed E-state index contributed by atoms with van der Waals surface area (Å²) >= 11 is 0. The molecule has 3 heterocycles. The molecule has 348 valence electrons. The van der Waals surface area contributed by atoms with Crippen LogP contribution in [0.4, 0.5) is 4.79 Å². The zero-order valence-corrected chi connectivity index (χ0v) is 38.6. The van der Waals surface area contributed by atoms with Crippen LogP contribution in [0.25, 0.3) is 0 Å². The van der Waals surface area contributed by atoms with Gasteiger partial charge in [-0.2, -0.15) is 0 Å². The monoisotopic (exact) mass is 924 g/mol. The fourth-order valence-corrected chi connectivity index (χ4v) is 12.9. The van der Waals surface area contributed by atoms with E-state index in [1.807, 2.05) is 39.8 Å². The van der Waals surface area contributed by atoms with Gasteiger partial charge in [0.2, 0.25) is 38.7 Å².